The predicted octanol–water partition coefficient (Wildman–Crippen LogP) is 1.02. The number of ether oxygens (including phenoxy) is 2. The van der Waals surface area contributed by atoms with Crippen molar-refractivity contribution in [3.63, 3.8) is 0 Å². The summed E-state index contributed by atoms with van der Waals surface area (Å²) >= 11 is 0. The minimum Gasteiger partial charge on any atom is -0.351 e. The molecule has 8 heteroatoms. The van der Waals surface area contributed by atoms with Gasteiger partial charge in [0, 0.05) is 31.7 Å². The monoisotopic (exact) mass is 346 g/mol. The summed E-state index contributed by atoms with van der Waals surface area (Å²) in [7, 11) is 0. The molecule has 4 heterocycles. The molecule has 0 radical (unpaired) electrons. The molecule has 0 unspecified atom stereocenters. The Labute approximate surface area is 145 Å². The summed E-state index contributed by atoms with van der Waals surface area (Å²) in [6.07, 6.45) is 0.880. The van der Waals surface area contributed by atoms with Crippen molar-refractivity contribution in [2.75, 3.05) is 39.4 Å². The standard InChI is InChI=1S/C17H22N4O4/c1-11-9-13(14-12(2)20-25-16(14)19-11)15(22)18-4-6-21-5-3-17(10-21)23-7-8-24-17/h9H,3-8,10H2,1-2H3,(H,18,22). The van der Waals surface area contributed by atoms with E-state index in [4.69, 9.17) is 14.0 Å². The summed E-state index contributed by atoms with van der Waals surface area (Å²) in [5, 5.41) is 7.57. The lowest BCUT2D eigenvalue weighted by atomic mass is 10.1. The van der Waals surface area contributed by atoms with Gasteiger partial charge in [-0.3, -0.25) is 9.69 Å². The van der Waals surface area contributed by atoms with E-state index in [0.29, 0.717) is 42.1 Å². The van der Waals surface area contributed by atoms with Crippen molar-refractivity contribution < 1.29 is 18.8 Å². The highest BCUT2D eigenvalue weighted by atomic mass is 16.7. The first-order valence-corrected chi connectivity index (χ1v) is 8.58. The van der Waals surface area contributed by atoms with Crippen LogP contribution in [0.2, 0.25) is 0 Å². The maximum atomic E-state index is 12.6. The molecule has 2 aliphatic rings. The number of fused-ring (bicyclic) bond motifs is 1. The third-order valence-electron chi connectivity index (χ3n) is 4.79. The maximum Gasteiger partial charge on any atom is 0.258 e. The van der Waals surface area contributed by atoms with Gasteiger partial charge in [-0.1, -0.05) is 5.16 Å². The van der Waals surface area contributed by atoms with E-state index in [1.807, 2.05) is 13.8 Å². The van der Waals surface area contributed by atoms with E-state index in [0.717, 1.165) is 31.7 Å². The quantitative estimate of drug-likeness (QED) is 0.884. The van der Waals surface area contributed by atoms with Crippen LogP contribution < -0.4 is 5.32 Å². The van der Waals surface area contributed by atoms with Gasteiger partial charge in [0.2, 0.25) is 0 Å². The first-order valence-electron chi connectivity index (χ1n) is 8.58. The van der Waals surface area contributed by atoms with Crippen LogP contribution in [0.15, 0.2) is 10.6 Å². The van der Waals surface area contributed by atoms with Gasteiger partial charge in [-0.15, -0.1) is 0 Å². The zero-order valence-corrected chi connectivity index (χ0v) is 14.5. The lowest BCUT2D eigenvalue weighted by Crippen LogP contribution is -2.38. The van der Waals surface area contributed by atoms with Gasteiger partial charge < -0.3 is 19.3 Å². The molecule has 134 valence electrons. The van der Waals surface area contributed by atoms with Gasteiger partial charge in [-0.05, 0) is 19.9 Å². The lowest BCUT2D eigenvalue weighted by molar-refractivity contribution is -0.145. The summed E-state index contributed by atoms with van der Waals surface area (Å²) in [4.78, 5) is 19.1. The van der Waals surface area contributed by atoms with E-state index in [1.54, 1.807) is 6.07 Å². The fourth-order valence-corrected chi connectivity index (χ4v) is 3.57. The smallest absolute Gasteiger partial charge is 0.258 e. The number of amides is 1. The topological polar surface area (TPSA) is 89.7 Å². The number of pyridine rings is 1. The second-order valence-corrected chi connectivity index (χ2v) is 6.65. The van der Waals surface area contributed by atoms with Crippen LogP contribution in [-0.4, -0.2) is 66.1 Å². The second-order valence-electron chi connectivity index (χ2n) is 6.65. The molecule has 8 nitrogen and oxygen atoms in total. The molecule has 2 fully saturated rings. The van der Waals surface area contributed by atoms with Crippen LogP contribution in [0.1, 0.15) is 28.2 Å². The molecule has 2 saturated heterocycles. The molecule has 2 aromatic rings. The number of nitrogens with zero attached hydrogens (tertiary/aromatic N) is 3. The number of hydrogen-bond acceptors (Lipinski definition) is 7. The van der Waals surface area contributed by atoms with Gasteiger partial charge in [-0.2, -0.15) is 0 Å². The molecular weight excluding hydrogens is 324 g/mol. The van der Waals surface area contributed by atoms with Crippen molar-refractivity contribution in [2.24, 2.45) is 0 Å². The molecule has 0 aromatic carbocycles. The summed E-state index contributed by atoms with van der Waals surface area (Å²) in [5.41, 5.74) is 2.36. The molecule has 1 N–H and O–H groups in total. The zero-order chi connectivity index (χ0) is 17.4. The number of aromatic nitrogens is 2. The molecule has 4 rings (SSSR count). The van der Waals surface area contributed by atoms with Crippen LogP contribution in [0.3, 0.4) is 0 Å². The summed E-state index contributed by atoms with van der Waals surface area (Å²) < 4.78 is 16.6. The highest BCUT2D eigenvalue weighted by Gasteiger charge is 2.42. The van der Waals surface area contributed by atoms with Gasteiger partial charge in [0.25, 0.3) is 11.6 Å². The largest absolute Gasteiger partial charge is 0.351 e. The van der Waals surface area contributed by atoms with Gasteiger partial charge in [0.1, 0.15) is 0 Å². The first kappa shape index (κ1) is 16.4. The third-order valence-corrected chi connectivity index (χ3v) is 4.79. The van der Waals surface area contributed by atoms with Crippen molar-refractivity contribution in [2.45, 2.75) is 26.1 Å². The Bertz CT molecular complexity index is 797. The Morgan fingerprint density at radius 2 is 2.16 bits per heavy atom. The van der Waals surface area contributed by atoms with Crippen molar-refractivity contribution in [1.29, 1.82) is 0 Å². The van der Waals surface area contributed by atoms with Crippen molar-refractivity contribution in [1.82, 2.24) is 20.4 Å². The predicted molar refractivity (Wildman–Crippen MR) is 89.3 cm³/mol. The second kappa shape index (κ2) is 6.36. The molecule has 0 bridgehead atoms. The average Bonchev–Trinajstić information content (AvgIpc) is 3.30. The zero-order valence-electron chi connectivity index (χ0n) is 14.5. The van der Waals surface area contributed by atoms with Crippen LogP contribution in [0, 0.1) is 13.8 Å². The van der Waals surface area contributed by atoms with Gasteiger partial charge >= 0.3 is 0 Å². The Kier molecular flexibility index (Phi) is 4.18. The first-order chi connectivity index (χ1) is 12.1. The van der Waals surface area contributed by atoms with Crippen LogP contribution in [-0.2, 0) is 9.47 Å². The summed E-state index contributed by atoms with van der Waals surface area (Å²) in [6, 6.07) is 1.77. The van der Waals surface area contributed by atoms with Crippen LogP contribution in [0.25, 0.3) is 11.1 Å². The molecular formula is C17H22N4O4. The van der Waals surface area contributed by atoms with E-state index in [-0.39, 0.29) is 5.91 Å². The van der Waals surface area contributed by atoms with Crippen molar-refractivity contribution in [3.8, 4) is 0 Å². The van der Waals surface area contributed by atoms with Crippen molar-refractivity contribution >= 4 is 17.0 Å². The Morgan fingerprint density at radius 3 is 2.96 bits per heavy atom. The Balaban J connectivity index is 1.38. The Morgan fingerprint density at radius 1 is 1.36 bits per heavy atom. The van der Waals surface area contributed by atoms with Crippen LogP contribution in [0.5, 0.6) is 0 Å². The summed E-state index contributed by atoms with van der Waals surface area (Å²) in [5.74, 6) is -0.554. The summed E-state index contributed by atoms with van der Waals surface area (Å²) in [6.45, 7) is 7.97. The third kappa shape index (κ3) is 3.12. The number of hydrogen-bond donors (Lipinski definition) is 1. The molecule has 2 aromatic heterocycles. The number of likely N-dealkylation sites (tertiary alicyclic amines) is 1. The molecule has 0 atom stereocenters. The number of carbonyl (C=O) groups is 1. The molecule has 25 heavy (non-hydrogen) atoms. The highest BCUT2D eigenvalue weighted by molar-refractivity contribution is 6.06. The lowest BCUT2D eigenvalue weighted by Gasteiger charge is -2.22. The van der Waals surface area contributed by atoms with E-state index in [9.17, 15) is 4.79 Å². The molecule has 1 spiro atoms. The molecule has 0 aliphatic carbocycles. The molecule has 1 amide bonds. The van der Waals surface area contributed by atoms with Gasteiger partial charge in [-0.25, -0.2) is 4.98 Å². The normalized spacial score (nSPS) is 19.9. The van der Waals surface area contributed by atoms with E-state index in [1.165, 1.54) is 0 Å². The minimum atomic E-state index is -0.419. The highest BCUT2D eigenvalue weighted by Crippen LogP contribution is 2.30. The maximum absolute atomic E-state index is 12.6. The van der Waals surface area contributed by atoms with Crippen LogP contribution in [0.4, 0.5) is 0 Å². The number of carbonyl (C=O) groups excluding carboxylic acids is 1. The number of aryl methyl sites for hydroxylation is 2. The number of nitrogens with one attached hydrogen (secondary N) is 1. The molecule has 0 saturated carbocycles. The average molecular weight is 346 g/mol. The SMILES string of the molecule is Cc1cc(C(=O)NCCN2CCC3(C2)OCCO3)c2c(C)noc2n1. The van der Waals surface area contributed by atoms with E-state index >= 15 is 0 Å². The Hall–Kier alpha value is -2.03. The number of rotatable bonds is 4. The van der Waals surface area contributed by atoms with Gasteiger partial charge in [0.15, 0.2) is 5.79 Å². The van der Waals surface area contributed by atoms with Crippen molar-refractivity contribution in [3.05, 3.63) is 23.0 Å². The van der Waals surface area contributed by atoms with E-state index in [2.05, 4.69) is 20.4 Å². The fourth-order valence-electron chi connectivity index (χ4n) is 3.57. The minimum absolute atomic E-state index is 0.135. The molecule has 2 aliphatic heterocycles. The van der Waals surface area contributed by atoms with Gasteiger partial charge in [0.05, 0.1) is 36.4 Å². The van der Waals surface area contributed by atoms with Crippen LogP contribution >= 0.6 is 0 Å². The fraction of sp³-hybridized carbons (Fsp3) is 0.588. The van der Waals surface area contributed by atoms with E-state index < -0.39 is 5.79 Å².